The third-order valence-corrected chi connectivity index (χ3v) is 6.66. The Morgan fingerprint density at radius 1 is 1.33 bits per heavy atom. The van der Waals surface area contributed by atoms with E-state index in [1.54, 1.807) is 41.8 Å². The van der Waals surface area contributed by atoms with Crippen molar-refractivity contribution in [3.05, 3.63) is 47.3 Å². The number of nitrogens with zero attached hydrogens (tertiary/aromatic N) is 1. The van der Waals surface area contributed by atoms with Crippen LogP contribution in [0.15, 0.2) is 46.0 Å². The second-order valence-electron chi connectivity index (χ2n) is 5.67. The van der Waals surface area contributed by atoms with Crippen LogP contribution < -0.4 is 10.0 Å². The average molecular weight is 365 g/mol. The first-order valence-electron chi connectivity index (χ1n) is 7.65. The van der Waals surface area contributed by atoms with E-state index in [0.29, 0.717) is 17.8 Å². The summed E-state index contributed by atoms with van der Waals surface area (Å²) in [5.74, 6) is -0.0822. The SMILES string of the molecule is C[C@H]1CNCCN1C(=O)c1cccc(NS(=O)(=O)c2cccs2)c1. The Labute approximate surface area is 145 Å². The number of rotatable bonds is 4. The van der Waals surface area contributed by atoms with E-state index in [4.69, 9.17) is 0 Å². The van der Waals surface area contributed by atoms with E-state index in [1.807, 2.05) is 11.8 Å². The zero-order chi connectivity index (χ0) is 17.2. The molecule has 0 aliphatic carbocycles. The van der Waals surface area contributed by atoms with Gasteiger partial charge in [-0.3, -0.25) is 9.52 Å². The molecule has 3 rings (SSSR count). The van der Waals surface area contributed by atoms with Crippen molar-refractivity contribution in [3.8, 4) is 0 Å². The molecule has 1 aromatic carbocycles. The molecule has 1 aromatic heterocycles. The van der Waals surface area contributed by atoms with Crippen molar-refractivity contribution in [2.75, 3.05) is 24.4 Å². The highest BCUT2D eigenvalue weighted by Gasteiger charge is 2.24. The summed E-state index contributed by atoms with van der Waals surface area (Å²) >= 11 is 1.15. The topological polar surface area (TPSA) is 78.5 Å². The molecule has 1 aliphatic rings. The van der Waals surface area contributed by atoms with Gasteiger partial charge < -0.3 is 10.2 Å². The van der Waals surface area contributed by atoms with Crippen LogP contribution in [0.1, 0.15) is 17.3 Å². The lowest BCUT2D eigenvalue weighted by atomic mass is 10.1. The molecule has 0 spiro atoms. The molecule has 128 valence electrons. The Balaban J connectivity index is 1.80. The van der Waals surface area contributed by atoms with E-state index in [1.165, 1.54) is 0 Å². The molecule has 1 atom stereocenters. The molecule has 0 radical (unpaired) electrons. The molecule has 0 unspecified atom stereocenters. The summed E-state index contributed by atoms with van der Waals surface area (Å²) in [6.07, 6.45) is 0. The minimum Gasteiger partial charge on any atom is -0.333 e. The highest BCUT2D eigenvalue weighted by Crippen LogP contribution is 2.21. The number of anilines is 1. The molecule has 8 heteroatoms. The van der Waals surface area contributed by atoms with Crippen molar-refractivity contribution in [3.63, 3.8) is 0 Å². The number of carbonyl (C=O) groups excluding carboxylic acids is 1. The Bertz CT molecular complexity index is 819. The Hall–Kier alpha value is -1.90. The lowest BCUT2D eigenvalue weighted by Gasteiger charge is -2.34. The van der Waals surface area contributed by atoms with Crippen molar-refractivity contribution in [1.29, 1.82) is 0 Å². The Morgan fingerprint density at radius 3 is 2.88 bits per heavy atom. The van der Waals surface area contributed by atoms with Gasteiger partial charge in [0.1, 0.15) is 4.21 Å². The summed E-state index contributed by atoms with van der Waals surface area (Å²) in [6.45, 7) is 4.16. The standard InChI is InChI=1S/C16H19N3O3S2/c1-12-11-17-7-8-19(12)16(20)13-4-2-5-14(10-13)18-24(21,22)15-6-3-9-23-15/h2-6,9-10,12,17-18H,7-8,11H2,1H3/t12-/m0/s1. The van der Waals surface area contributed by atoms with Gasteiger partial charge in [0.2, 0.25) is 0 Å². The van der Waals surface area contributed by atoms with Crippen molar-refractivity contribution >= 4 is 33.0 Å². The normalized spacial score (nSPS) is 18.4. The summed E-state index contributed by atoms with van der Waals surface area (Å²) < 4.78 is 27.4. The second kappa shape index (κ2) is 6.92. The monoisotopic (exact) mass is 365 g/mol. The van der Waals surface area contributed by atoms with Crippen molar-refractivity contribution in [2.24, 2.45) is 0 Å². The van der Waals surface area contributed by atoms with Gasteiger partial charge in [0.05, 0.1) is 0 Å². The molecule has 2 N–H and O–H groups in total. The number of sulfonamides is 1. The smallest absolute Gasteiger partial charge is 0.271 e. The van der Waals surface area contributed by atoms with Crippen LogP contribution in [-0.2, 0) is 10.0 Å². The molecule has 1 amide bonds. The van der Waals surface area contributed by atoms with Crippen molar-refractivity contribution in [2.45, 2.75) is 17.2 Å². The van der Waals surface area contributed by atoms with E-state index in [2.05, 4.69) is 10.0 Å². The number of piperazine rings is 1. The summed E-state index contributed by atoms with van der Waals surface area (Å²) in [5.41, 5.74) is 0.868. The molecule has 1 aliphatic heterocycles. The lowest BCUT2D eigenvalue weighted by Crippen LogP contribution is -2.52. The Morgan fingerprint density at radius 2 is 2.17 bits per heavy atom. The molecule has 24 heavy (non-hydrogen) atoms. The van der Waals surface area contributed by atoms with E-state index < -0.39 is 10.0 Å². The van der Waals surface area contributed by atoms with Gasteiger partial charge in [-0.2, -0.15) is 0 Å². The van der Waals surface area contributed by atoms with Gasteiger partial charge in [0.15, 0.2) is 0 Å². The largest absolute Gasteiger partial charge is 0.333 e. The zero-order valence-electron chi connectivity index (χ0n) is 13.2. The van der Waals surface area contributed by atoms with Crippen LogP contribution >= 0.6 is 11.3 Å². The van der Waals surface area contributed by atoms with Crippen LogP contribution in [0.4, 0.5) is 5.69 Å². The summed E-state index contributed by atoms with van der Waals surface area (Å²) in [6, 6.07) is 9.96. The molecule has 0 saturated carbocycles. The molecular formula is C16H19N3O3S2. The van der Waals surface area contributed by atoms with E-state index >= 15 is 0 Å². The first-order chi connectivity index (χ1) is 11.5. The number of carbonyl (C=O) groups is 1. The molecule has 1 saturated heterocycles. The van der Waals surface area contributed by atoms with Crippen LogP contribution in [0.3, 0.4) is 0 Å². The van der Waals surface area contributed by atoms with Gasteiger partial charge in [-0.1, -0.05) is 12.1 Å². The summed E-state index contributed by atoms with van der Waals surface area (Å²) in [5, 5.41) is 4.95. The molecular weight excluding hydrogens is 346 g/mol. The van der Waals surface area contributed by atoms with E-state index in [9.17, 15) is 13.2 Å². The van der Waals surface area contributed by atoms with Gasteiger partial charge >= 0.3 is 0 Å². The minimum absolute atomic E-state index is 0.0822. The molecule has 2 aromatic rings. The Kier molecular flexibility index (Phi) is 4.88. The van der Waals surface area contributed by atoms with Gasteiger partial charge in [-0.15, -0.1) is 11.3 Å². The van der Waals surface area contributed by atoms with E-state index in [-0.39, 0.29) is 16.2 Å². The number of hydrogen-bond acceptors (Lipinski definition) is 5. The number of hydrogen-bond donors (Lipinski definition) is 2. The highest BCUT2D eigenvalue weighted by atomic mass is 32.2. The number of thiophene rings is 1. The average Bonchev–Trinajstić information content (AvgIpc) is 3.10. The minimum atomic E-state index is -3.61. The molecule has 2 heterocycles. The fraction of sp³-hybridized carbons (Fsp3) is 0.312. The fourth-order valence-corrected chi connectivity index (χ4v) is 4.69. The highest BCUT2D eigenvalue weighted by molar-refractivity contribution is 7.94. The van der Waals surface area contributed by atoms with Crippen LogP contribution in [0, 0.1) is 0 Å². The number of nitrogens with one attached hydrogen (secondary N) is 2. The van der Waals surface area contributed by atoms with Crippen LogP contribution in [0.5, 0.6) is 0 Å². The maximum Gasteiger partial charge on any atom is 0.271 e. The quantitative estimate of drug-likeness (QED) is 0.868. The molecule has 0 bridgehead atoms. The maximum atomic E-state index is 12.7. The fourth-order valence-electron chi connectivity index (χ4n) is 2.65. The molecule has 1 fully saturated rings. The first kappa shape index (κ1) is 16.9. The third-order valence-electron chi connectivity index (χ3n) is 3.88. The van der Waals surface area contributed by atoms with Crippen molar-refractivity contribution in [1.82, 2.24) is 10.2 Å². The third kappa shape index (κ3) is 3.61. The van der Waals surface area contributed by atoms with Gasteiger partial charge in [-0.25, -0.2) is 8.42 Å². The maximum absolute atomic E-state index is 12.7. The first-order valence-corrected chi connectivity index (χ1v) is 10.0. The number of benzene rings is 1. The zero-order valence-corrected chi connectivity index (χ0v) is 14.9. The summed E-state index contributed by atoms with van der Waals surface area (Å²) in [7, 11) is -3.61. The predicted molar refractivity (Wildman–Crippen MR) is 94.9 cm³/mol. The van der Waals surface area contributed by atoms with Crippen molar-refractivity contribution < 1.29 is 13.2 Å². The van der Waals surface area contributed by atoms with Gasteiger partial charge in [0.25, 0.3) is 15.9 Å². The van der Waals surface area contributed by atoms with Gasteiger partial charge in [0, 0.05) is 36.9 Å². The predicted octanol–water partition coefficient (Wildman–Crippen LogP) is 1.98. The molecule has 6 nitrogen and oxygen atoms in total. The van der Waals surface area contributed by atoms with Gasteiger partial charge in [-0.05, 0) is 36.6 Å². The van der Waals surface area contributed by atoms with Crippen LogP contribution in [0.2, 0.25) is 0 Å². The number of amides is 1. The van der Waals surface area contributed by atoms with Crippen LogP contribution in [0.25, 0.3) is 0 Å². The van der Waals surface area contributed by atoms with Crippen LogP contribution in [-0.4, -0.2) is 44.9 Å². The summed E-state index contributed by atoms with van der Waals surface area (Å²) in [4.78, 5) is 14.5. The van der Waals surface area contributed by atoms with E-state index in [0.717, 1.165) is 24.4 Å². The second-order valence-corrected chi connectivity index (χ2v) is 8.53. The lowest BCUT2D eigenvalue weighted by molar-refractivity contribution is 0.0656.